The number of nitrogens with zero attached hydrogens (tertiary/aromatic N) is 3. The van der Waals surface area contributed by atoms with Crippen molar-refractivity contribution in [1.29, 1.82) is 0 Å². The molecule has 0 bridgehead atoms. The van der Waals surface area contributed by atoms with Crippen LogP contribution in [0.3, 0.4) is 0 Å². The molecular formula is C23H25BrN3O7PS. The summed E-state index contributed by atoms with van der Waals surface area (Å²) in [6, 6.07) is 10.9. The fourth-order valence-corrected chi connectivity index (χ4v) is 5.44. The Labute approximate surface area is 219 Å². The van der Waals surface area contributed by atoms with Gasteiger partial charge in [0.1, 0.15) is 5.75 Å². The second-order valence-corrected chi connectivity index (χ2v) is 10.4. The number of rotatable bonds is 7. The van der Waals surface area contributed by atoms with Crippen LogP contribution in [-0.2, 0) is 39.8 Å². The molecule has 0 radical (unpaired) electrons. The normalized spacial score (nSPS) is 11.9. The minimum absolute atomic E-state index is 0.0399. The van der Waals surface area contributed by atoms with Gasteiger partial charge in [0.2, 0.25) is 0 Å². The zero-order valence-corrected chi connectivity index (χ0v) is 22.8. The molecule has 36 heavy (non-hydrogen) atoms. The van der Waals surface area contributed by atoms with Gasteiger partial charge in [0.25, 0.3) is 0 Å². The molecule has 0 saturated carbocycles. The van der Waals surface area contributed by atoms with Crippen LogP contribution in [0.4, 0.5) is 0 Å². The summed E-state index contributed by atoms with van der Waals surface area (Å²) in [6.45, 7) is 2.25. The molecule has 2 aromatic heterocycles. The van der Waals surface area contributed by atoms with Crippen molar-refractivity contribution < 1.29 is 33.5 Å². The molecule has 10 nitrogen and oxygen atoms in total. The van der Waals surface area contributed by atoms with Gasteiger partial charge in [-0.3, -0.25) is 4.57 Å². The lowest BCUT2D eigenvalue weighted by Gasteiger charge is -2.13. The first-order valence-corrected chi connectivity index (χ1v) is 14.1. The Morgan fingerprint density at radius 3 is 2.53 bits per heavy atom. The molecule has 0 fully saturated rings. The van der Waals surface area contributed by atoms with Crippen molar-refractivity contribution in [2.24, 2.45) is 7.05 Å². The average Bonchev–Trinajstić information content (AvgIpc) is 3.44. The monoisotopic (exact) mass is 597 g/mol. The predicted octanol–water partition coefficient (Wildman–Crippen LogP) is 3.74. The van der Waals surface area contributed by atoms with Gasteiger partial charge in [-0.25, -0.2) is 9.78 Å². The standard InChI is InChI=1S/C23H22BrN3O4S.H3O3P/c1-3-31-23(29)21-19(13-32(30)15-7-5-4-6-8-15)26(2)18-11-17(24)22(28)16(20(18)21)12-27-10-9-25-14-27;1-4(2)3/h4-11,14,28H,3,12-13H2,1-2H3;4H,(H2,1,2,3). The summed E-state index contributed by atoms with van der Waals surface area (Å²) in [5.74, 6) is -0.337. The Bertz CT molecular complexity index is 1360. The van der Waals surface area contributed by atoms with E-state index in [0.29, 0.717) is 38.1 Å². The van der Waals surface area contributed by atoms with Crippen molar-refractivity contribution >= 4 is 52.2 Å². The molecule has 1 unspecified atom stereocenters. The third kappa shape index (κ3) is 6.39. The van der Waals surface area contributed by atoms with Crippen LogP contribution < -0.4 is 0 Å². The number of esters is 1. The number of aryl methyl sites for hydroxylation is 1. The lowest BCUT2D eigenvalue weighted by atomic mass is 10.0. The van der Waals surface area contributed by atoms with Crippen LogP contribution in [0.1, 0.15) is 28.5 Å². The number of aromatic nitrogens is 3. The number of hydrogen-bond acceptors (Lipinski definition) is 6. The lowest BCUT2D eigenvalue weighted by molar-refractivity contribution is 0.0527. The van der Waals surface area contributed by atoms with Crippen molar-refractivity contribution in [3.8, 4) is 5.75 Å². The van der Waals surface area contributed by atoms with Gasteiger partial charge in [-0.15, -0.1) is 0 Å². The maximum absolute atomic E-state index is 13.1. The Morgan fingerprint density at radius 1 is 1.28 bits per heavy atom. The lowest BCUT2D eigenvalue weighted by Crippen LogP contribution is -2.14. The molecule has 13 heteroatoms. The summed E-state index contributed by atoms with van der Waals surface area (Å²) < 4.78 is 31.4. The molecule has 0 aliphatic carbocycles. The number of phenols is 1. The number of fused-ring (bicyclic) bond motifs is 1. The van der Waals surface area contributed by atoms with Gasteiger partial charge >= 0.3 is 14.2 Å². The van der Waals surface area contributed by atoms with Gasteiger partial charge in [-0.05, 0) is 52.2 Å². The Morgan fingerprint density at radius 2 is 1.94 bits per heavy atom. The van der Waals surface area contributed by atoms with Gasteiger partial charge in [-0.1, -0.05) is 18.2 Å². The number of carbonyl (C=O) groups is 1. The third-order valence-corrected chi connectivity index (χ3v) is 7.23. The van der Waals surface area contributed by atoms with Crippen LogP contribution in [0.5, 0.6) is 5.75 Å². The number of phenolic OH excluding ortho intramolecular Hbond substituents is 1. The van der Waals surface area contributed by atoms with E-state index in [4.69, 9.17) is 19.1 Å². The highest BCUT2D eigenvalue weighted by molar-refractivity contribution is 9.10. The first-order valence-electron chi connectivity index (χ1n) is 10.6. The van der Waals surface area contributed by atoms with Gasteiger partial charge in [0, 0.05) is 30.4 Å². The molecule has 4 rings (SSSR count). The quantitative estimate of drug-likeness (QED) is 0.166. The van der Waals surface area contributed by atoms with Gasteiger partial charge < -0.3 is 33.3 Å². The van der Waals surface area contributed by atoms with Crippen LogP contribution in [0.2, 0.25) is 0 Å². The molecule has 3 N–H and O–H groups in total. The van der Waals surface area contributed by atoms with E-state index in [2.05, 4.69) is 20.9 Å². The van der Waals surface area contributed by atoms with E-state index >= 15 is 0 Å². The van der Waals surface area contributed by atoms with Crippen molar-refractivity contribution in [2.45, 2.75) is 24.1 Å². The van der Waals surface area contributed by atoms with E-state index in [1.807, 2.05) is 34.4 Å². The highest BCUT2D eigenvalue weighted by Crippen LogP contribution is 2.40. The summed E-state index contributed by atoms with van der Waals surface area (Å²) in [7, 11) is -1.30. The van der Waals surface area contributed by atoms with Gasteiger partial charge in [-0.2, -0.15) is 0 Å². The highest BCUT2D eigenvalue weighted by atomic mass is 79.9. The van der Waals surface area contributed by atoms with E-state index in [-0.39, 0.29) is 18.1 Å². The van der Waals surface area contributed by atoms with Crippen LogP contribution >= 0.6 is 24.2 Å². The molecule has 0 amide bonds. The summed E-state index contributed by atoms with van der Waals surface area (Å²) in [5, 5.41) is 11.5. The van der Waals surface area contributed by atoms with E-state index < -0.39 is 25.4 Å². The Hall–Kier alpha value is -2.60. The zero-order chi connectivity index (χ0) is 26.4. The minimum Gasteiger partial charge on any atom is -0.611 e. The first-order chi connectivity index (χ1) is 17.1. The smallest absolute Gasteiger partial charge is 0.340 e. The van der Waals surface area contributed by atoms with Crippen LogP contribution in [0.15, 0.2) is 64.5 Å². The molecule has 0 spiro atoms. The minimum atomic E-state index is -3.13. The fraction of sp³-hybridized carbons (Fsp3) is 0.217. The Balaban J connectivity index is 0.000000840. The maximum atomic E-state index is 13.1. The van der Waals surface area contributed by atoms with E-state index in [1.54, 1.807) is 43.8 Å². The van der Waals surface area contributed by atoms with E-state index in [1.165, 1.54) is 0 Å². The zero-order valence-electron chi connectivity index (χ0n) is 19.4. The summed E-state index contributed by atoms with van der Waals surface area (Å²) in [5.41, 5.74) is 2.20. The Kier molecular flexibility index (Phi) is 9.77. The molecule has 2 aromatic carbocycles. The average molecular weight is 598 g/mol. The first kappa shape index (κ1) is 28.0. The molecule has 0 aliphatic rings. The van der Waals surface area contributed by atoms with Gasteiger partial charge in [0.15, 0.2) is 10.6 Å². The highest BCUT2D eigenvalue weighted by Gasteiger charge is 2.30. The molecule has 192 valence electrons. The summed E-state index contributed by atoms with van der Waals surface area (Å²) >= 11 is 2.06. The van der Waals surface area contributed by atoms with Crippen molar-refractivity contribution in [3.05, 3.63) is 76.4 Å². The third-order valence-electron chi connectivity index (χ3n) is 5.29. The second kappa shape index (κ2) is 12.6. The van der Waals surface area contributed by atoms with Crippen LogP contribution in [0, 0.1) is 0 Å². The molecular weight excluding hydrogens is 573 g/mol. The topological polar surface area (TPSA) is 150 Å². The number of aromatic hydroxyl groups is 1. The largest absolute Gasteiger partial charge is 0.611 e. The van der Waals surface area contributed by atoms with Crippen molar-refractivity contribution in [1.82, 2.24) is 14.1 Å². The van der Waals surface area contributed by atoms with Crippen LogP contribution in [-0.4, -0.2) is 46.1 Å². The van der Waals surface area contributed by atoms with Crippen molar-refractivity contribution in [3.63, 3.8) is 0 Å². The summed E-state index contributed by atoms with van der Waals surface area (Å²) in [6.07, 6.45) is 5.08. The number of halogens is 1. The molecule has 0 aliphatic heterocycles. The maximum Gasteiger partial charge on any atom is 0.340 e. The van der Waals surface area contributed by atoms with E-state index in [0.717, 1.165) is 5.52 Å². The van der Waals surface area contributed by atoms with E-state index in [9.17, 15) is 14.5 Å². The molecule has 0 saturated heterocycles. The molecule has 1 atom stereocenters. The number of ether oxygens (including phenoxy) is 1. The number of imidazole rings is 1. The molecule has 4 aromatic rings. The number of hydrogen-bond donors (Lipinski definition) is 3. The fourth-order valence-electron chi connectivity index (χ4n) is 3.77. The van der Waals surface area contributed by atoms with Crippen molar-refractivity contribution in [2.75, 3.05) is 6.61 Å². The van der Waals surface area contributed by atoms with Gasteiger partial charge in [0.05, 0.1) is 40.7 Å². The SMILES string of the molecule is CCOC(=O)c1c(C[S+]([O-])c2ccccc2)n(C)c2cc(Br)c(O)c(Cn3ccnc3)c12.O=[PH](O)O. The number of benzene rings is 2. The summed E-state index contributed by atoms with van der Waals surface area (Å²) in [4.78, 5) is 32.2. The predicted molar refractivity (Wildman–Crippen MR) is 140 cm³/mol. The number of carbonyl (C=O) groups excluding carboxylic acids is 1. The van der Waals surface area contributed by atoms with Crippen LogP contribution in [0.25, 0.3) is 10.9 Å². The molecule has 2 heterocycles. The second-order valence-electron chi connectivity index (χ2n) is 7.50.